The van der Waals surface area contributed by atoms with E-state index < -0.39 is 0 Å². The van der Waals surface area contributed by atoms with E-state index in [9.17, 15) is 4.79 Å². The fraction of sp³-hybridized carbons (Fsp3) is 0.938. The molecule has 0 atom stereocenters. The third-order valence-electron chi connectivity index (χ3n) is 3.47. The van der Waals surface area contributed by atoms with Crippen molar-refractivity contribution in [3.8, 4) is 0 Å². The van der Waals surface area contributed by atoms with E-state index in [-0.39, 0.29) is 12.1 Å². The van der Waals surface area contributed by atoms with Crippen LogP contribution in [0.4, 0.5) is 0 Å². The van der Waals surface area contributed by atoms with Crippen molar-refractivity contribution in [2.45, 2.75) is 58.0 Å². The maximum Gasteiger partial charge on any atom is 0.306 e. The third kappa shape index (κ3) is 10.7. The molecule has 0 amide bonds. The summed E-state index contributed by atoms with van der Waals surface area (Å²) in [6, 6.07) is 0. The standard InChI is InChI=1S/C16H30O5/c1-2-18-11-12-20-14-13-19-10-6-9-16(17)21-15-7-4-3-5-8-15/h15H,2-14H2,1H3. The number of carbonyl (C=O) groups excluding carboxylic acids is 1. The topological polar surface area (TPSA) is 54.0 Å². The quantitative estimate of drug-likeness (QED) is 0.410. The van der Waals surface area contributed by atoms with Gasteiger partial charge in [0.25, 0.3) is 0 Å². The molecule has 1 fully saturated rings. The fourth-order valence-corrected chi connectivity index (χ4v) is 2.33. The fourth-order valence-electron chi connectivity index (χ4n) is 2.33. The van der Waals surface area contributed by atoms with Gasteiger partial charge in [0.05, 0.1) is 26.4 Å². The first-order valence-corrected chi connectivity index (χ1v) is 8.25. The first kappa shape index (κ1) is 18.4. The third-order valence-corrected chi connectivity index (χ3v) is 3.47. The van der Waals surface area contributed by atoms with Crippen molar-refractivity contribution in [3.05, 3.63) is 0 Å². The Morgan fingerprint density at radius 2 is 1.52 bits per heavy atom. The van der Waals surface area contributed by atoms with E-state index in [2.05, 4.69) is 0 Å². The molecule has 0 unspecified atom stereocenters. The largest absolute Gasteiger partial charge is 0.462 e. The van der Waals surface area contributed by atoms with Crippen molar-refractivity contribution in [1.82, 2.24) is 0 Å². The second-order valence-electron chi connectivity index (χ2n) is 5.28. The molecule has 5 nitrogen and oxygen atoms in total. The van der Waals surface area contributed by atoms with Crippen LogP contribution in [-0.4, -0.2) is 51.7 Å². The van der Waals surface area contributed by atoms with Gasteiger partial charge in [0.15, 0.2) is 0 Å². The van der Waals surface area contributed by atoms with Crippen molar-refractivity contribution in [1.29, 1.82) is 0 Å². The van der Waals surface area contributed by atoms with E-state index in [4.69, 9.17) is 18.9 Å². The zero-order chi connectivity index (χ0) is 15.2. The minimum Gasteiger partial charge on any atom is -0.462 e. The summed E-state index contributed by atoms with van der Waals surface area (Å²) in [5.74, 6) is -0.0848. The summed E-state index contributed by atoms with van der Waals surface area (Å²) < 4.78 is 21.3. The van der Waals surface area contributed by atoms with Crippen molar-refractivity contribution >= 4 is 5.97 Å². The minimum absolute atomic E-state index is 0.0848. The molecule has 1 aliphatic rings. The Labute approximate surface area is 128 Å². The van der Waals surface area contributed by atoms with Crippen LogP contribution in [0.15, 0.2) is 0 Å². The monoisotopic (exact) mass is 302 g/mol. The lowest BCUT2D eigenvalue weighted by atomic mass is 9.98. The summed E-state index contributed by atoms with van der Waals surface area (Å²) in [4.78, 5) is 11.6. The Balaban J connectivity index is 1.81. The highest BCUT2D eigenvalue weighted by atomic mass is 16.5. The van der Waals surface area contributed by atoms with E-state index in [0.717, 1.165) is 19.4 Å². The molecule has 0 N–H and O–H groups in total. The van der Waals surface area contributed by atoms with Crippen LogP contribution < -0.4 is 0 Å². The molecule has 1 saturated carbocycles. The van der Waals surface area contributed by atoms with E-state index in [1.165, 1.54) is 19.3 Å². The Hall–Kier alpha value is -0.650. The Kier molecular flexibility index (Phi) is 11.4. The summed E-state index contributed by atoms with van der Waals surface area (Å²) in [6.07, 6.45) is 7.02. The van der Waals surface area contributed by atoms with Gasteiger partial charge in [-0.3, -0.25) is 4.79 Å². The molecule has 21 heavy (non-hydrogen) atoms. The van der Waals surface area contributed by atoms with Gasteiger partial charge >= 0.3 is 5.97 Å². The van der Waals surface area contributed by atoms with Crippen LogP contribution in [0.5, 0.6) is 0 Å². The lowest BCUT2D eigenvalue weighted by Crippen LogP contribution is -2.21. The predicted molar refractivity (Wildman–Crippen MR) is 80.3 cm³/mol. The Morgan fingerprint density at radius 1 is 0.905 bits per heavy atom. The van der Waals surface area contributed by atoms with Gasteiger partial charge in [-0.2, -0.15) is 0 Å². The zero-order valence-corrected chi connectivity index (χ0v) is 13.3. The Bertz CT molecular complexity index is 251. The van der Waals surface area contributed by atoms with Crippen LogP contribution in [0.25, 0.3) is 0 Å². The first-order valence-electron chi connectivity index (χ1n) is 8.25. The molecular weight excluding hydrogens is 272 g/mol. The van der Waals surface area contributed by atoms with Crippen LogP contribution in [0, 0.1) is 0 Å². The zero-order valence-electron chi connectivity index (χ0n) is 13.3. The molecule has 0 aromatic rings. The normalized spacial score (nSPS) is 16.0. The molecule has 0 radical (unpaired) electrons. The van der Waals surface area contributed by atoms with Gasteiger partial charge in [-0.25, -0.2) is 0 Å². The second kappa shape index (κ2) is 13.0. The van der Waals surface area contributed by atoms with E-state index in [1.54, 1.807) is 0 Å². The Morgan fingerprint density at radius 3 is 2.19 bits per heavy atom. The second-order valence-corrected chi connectivity index (χ2v) is 5.28. The number of hydrogen-bond acceptors (Lipinski definition) is 5. The van der Waals surface area contributed by atoms with E-state index >= 15 is 0 Å². The number of rotatable bonds is 12. The van der Waals surface area contributed by atoms with Crippen molar-refractivity contribution in [3.63, 3.8) is 0 Å². The number of esters is 1. The van der Waals surface area contributed by atoms with Gasteiger partial charge in [0, 0.05) is 19.6 Å². The van der Waals surface area contributed by atoms with Gasteiger partial charge in [-0.05, 0) is 39.0 Å². The molecule has 0 heterocycles. The predicted octanol–water partition coefficient (Wildman–Crippen LogP) is 2.71. The number of ether oxygens (including phenoxy) is 4. The van der Waals surface area contributed by atoms with E-state index in [1.807, 2.05) is 6.92 Å². The molecular formula is C16H30O5. The smallest absolute Gasteiger partial charge is 0.306 e. The molecule has 0 saturated heterocycles. The van der Waals surface area contributed by atoms with Crippen molar-refractivity contribution in [2.75, 3.05) is 39.6 Å². The minimum atomic E-state index is -0.0848. The molecule has 0 spiro atoms. The van der Waals surface area contributed by atoms with Crippen LogP contribution in [0.2, 0.25) is 0 Å². The molecule has 1 rings (SSSR count). The van der Waals surface area contributed by atoms with Gasteiger partial charge in [-0.1, -0.05) is 6.42 Å². The molecule has 0 bridgehead atoms. The average Bonchev–Trinajstić information content (AvgIpc) is 2.50. The molecule has 1 aliphatic carbocycles. The lowest BCUT2D eigenvalue weighted by Gasteiger charge is -2.21. The molecule has 5 heteroatoms. The molecule has 124 valence electrons. The first-order chi connectivity index (χ1) is 10.3. The van der Waals surface area contributed by atoms with E-state index in [0.29, 0.717) is 45.9 Å². The maximum atomic E-state index is 11.6. The number of carbonyl (C=O) groups is 1. The maximum absolute atomic E-state index is 11.6. The highest BCUT2D eigenvalue weighted by molar-refractivity contribution is 5.69. The van der Waals surface area contributed by atoms with Crippen LogP contribution in [-0.2, 0) is 23.7 Å². The van der Waals surface area contributed by atoms with Gasteiger partial charge in [0.2, 0.25) is 0 Å². The van der Waals surface area contributed by atoms with Crippen LogP contribution in [0.3, 0.4) is 0 Å². The summed E-state index contributed by atoms with van der Waals surface area (Å²) in [7, 11) is 0. The number of hydrogen-bond donors (Lipinski definition) is 0. The van der Waals surface area contributed by atoms with Crippen molar-refractivity contribution in [2.24, 2.45) is 0 Å². The highest BCUT2D eigenvalue weighted by Gasteiger charge is 2.17. The van der Waals surface area contributed by atoms with Gasteiger partial charge in [-0.15, -0.1) is 0 Å². The van der Waals surface area contributed by atoms with Crippen LogP contribution >= 0.6 is 0 Å². The highest BCUT2D eigenvalue weighted by Crippen LogP contribution is 2.20. The SMILES string of the molecule is CCOCCOCCOCCCC(=O)OC1CCCCC1. The summed E-state index contributed by atoms with van der Waals surface area (Å²) in [5.41, 5.74) is 0. The lowest BCUT2D eigenvalue weighted by molar-refractivity contribution is -0.150. The van der Waals surface area contributed by atoms with Gasteiger partial charge in [0.1, 0.15) is 6.10 Å². The average molecular weight is 302 g/mol. The molecule has 0 aliphatic heterocycles. The summed E-state index contributed by atoms with van der Waals surface area (Å²) >= 11 is 0. The van der Waals surface area contributed by atoms with Crippen molar-refractivity contribution < 1.29 is 23.7 Å². The van der Waals surface area contributed by atoms with Gasteiger partial charge < -0.3 is 18.9 Å². The molecule has 0 aromatic carbocycles. The molecule has 0 aromatic heterocycles. The van der Waals surface area contributed by atoms with Crippen LogP contribution in [0.1, 0.15) is 51.9 Å². The summed E-state index contributed by atoms with van der Waals surface area (Å²) in [5, 5.41) is 0. The summed E-state index contributed by atoms with van der Waals surface area (Å²) in [6.45, 7) is 5.62.